The van der Waals surface area contributed by atoms with Gasteiger partial charge in [-0.2, -0.15) is 43.2 Å². The molecule has 15 heteroatoms. The molecule has 8 nitrogen and oxygen atoms in total. The molecule has 0 saturated carbocycles. The van der Waals surface area contributed by atoms with Crippen molar-refractivity contribution in [3.8, 4) is 11.5 Å². The minimum absolute atomic E-state index is 0.0486. The third kappa shape index (κ3) is 8.96. The summed E-state index contributed by atoms with van der Waals surface area (Å²) in [6, 6.07) is 3.46. The molecular weight excluding hydrogens is 566 g/mol. The summed E-state index contributed by atoms with van der Waals surface area (Å²) in [6.45, 7) is 2.33. The normalized spacial score (nSPS) is 15.4. The van der Waals surface area contributed by atoms with Crippen LogP contribution in [0.3, 0.4) is 0 Å². The number of aromatic nitrogens is 2. The van der Waals surface area contributed by atoms with Crippen molar-refractivity contribution >= 4 is 29.4 Å². The van der Waals surface area contributed by atoms with Crippen molar-refractivity contribution in [3.05, 3.63) is 35.0 Å². The molecule has 1 aromatic carbocycles. The van der Waals surface area contributed by atoms with E-state index in [1.807, 2.05) is 6.92 Å². The standard InChI is InChI=1S/C25H30F6N4O4S/c1-3-38-19-11-15(39-14-25(29,30)31)7-8-16(19)17-12-18-21(23(37)32-17)22(33-20(36)13-40-4-2)35(34-18)10-6-5-9-24(26,27)28/h7-8,11,17H,3-6,9-10,12-14H2,1-2H3,(H,32,37)(H,33,36). The Balaban J connectivity index is 1.87. The quantitative estimate of drug-likeness (QED) is 0.229. The van der Waals surface area contributed by atoms with Crippen molar-refractivity contribution < 1.29 is 45.4 Å². The van der Waals surface area contributed by atoms with Crippen LogP contribution in [0.2, 0.25) is 0 Å². The van der Waals surface area contributed by atoms with Crippen molar-refractivity contribution in [1.29, 1.82) is 0 Å². The molecule has 0 spiro atoms. The number of rotatable bonds is 13. The zero-order valence-corrected chi connectivity index (χ0v) is 22.7. The summed E-state index contributed by atoms with van der Waals surface area (Å²) in [7, 11) is 0. The first-order valence-corrected chi connectivity index (χ1v) is 13.8. The fourth-order valence-corrected chi connectivity index (χ4v) is 4.59. The summed E-state index contributed by atoms with van der Waals surface area (Å²) in [4.78, 5) is 25.7. The molecule has 2 N–H and O–H groups in total. The highest BCUT2D eigenvalue weighted by Crippen LogP contribution is 2.36. The Morgan fingerprint density at radius 3 is 2.55 bits per heavy atom. The molecule has 1 aliphatic heterocycles. The van der Waals surface area contributed by atoms with Gasteiger partial charge in [0.25, 0.3) is 5.91 Å². The zero-order chi connectivity index (χ0) is 29.5. The van der Waals surface area contributed by atoms with E-state index in [1.54, 1.807) is 6.92 Å². The van der Waals surface area contributed by atoms with Gasteiger partial charge < -0.3 is 20.1 Å². The van der Waals surface area contributed by atoms with E-state index < -0.39 is 37.3 Å². The Kier molecular flexibility index (Phi) is 10.6. The fourth-order valence-electron chi connectivity index (χ4n) is 4.13. The molecule has 2 amide bonds. The fraction of sp³-hybridized carbons (Fsp3) is 0.560. The summed E-state index contributed by atoms with van der Waals surface area (Å²) < 4.78 is 87.3. The van der Waals surface area contributed by atoms with Gasteiger partial charge in [0.15, 0.2) is 6.61 Å². The molecule has 3 rings (SSSR count). The molecule has 1 atom stereocenters. The average molecular weight is 597 g/mol. The van der Waals surface area contributed by atoms with Crippen molar-refractivity contribution in [1.82, 2.24) is 15.1 Å². The summed E-state index contributed by atoms with van der Waals surface area (Å²) >= 11 is 1.36. The molecule has 0 fully saturated rings. The van der Waals surface area contributed by atoms with Crippen LogP contribution in [0.4, 0.5) is 32.2 Å². The molecule has 0 saturated heterocycles. The van der Waals surface area contributed by atoms with E-state index in [-0.39, 0.29) is 67.0 Å². The summed E-state index contributed by atoms with van der Waals surface area (Å²) in [5.74, 6) is 0.126. The van der Waals surface area contributed by atoms with Gasteiger partial charge in [-0.3, -0.25) is 9.59 Å². The van der Waals surface area contributed by atoms with Crippen LogP contribution in [-0.4, -0.2) is 58.7 Å². The minimum Gasteiger partial charge on any atom is -0.493 e. The number of nitrogens with zero attached hydrogens (tertiary/aromatic N) is 2. The maximum absolute atomic E-state index is 13.2. The van der Waals surface area contributed by atoms with Gasteiger partial charge in [0, 0.05) is 31.0 Å². The number of hydrogen-bond acceptors (Lipinski definition) is 6. The SMILES string of the molecule is CCOc1cc(OCC(F)(F)F)ccc1C1Cc2nn(CCCCC(F)(F)F)c(NC(=O)CSCC)c2C(=O)N1. The van der Waals surface area contributed by atoms with Crippen molar-refractivity contribution in [2.45, 2.75) is 64.5 Å². The molecule has 0 bridgehead atoms. The molecule has 40 heavy (non-hydrogen) atoms. The highest BCUT2D eigenvalue weighted by Gasteiger charge is 2.35. The van der Waals surface area contributed by atoms with Crippen LogP contribution in [-0.2, 0) is 17.8 Å². The second kappa shape index (κ2) is 13.5. The van der Waals surface area contributed by atoms with Crippen LogP contribution in [0, 0.1) is 0 Å². The Morgan fingerprint density at radius 1 is 1.15 bits per heavy atom. The molecular formula is C25H30F6N4O4S. The molecule has 2 heterocycles. The van der Waals surface area contributed by atoms with E-state index in [0.29, 0.717) is 17.0 Å². The lowest BCUT2D eigenvalue weighted by Crippen LogP contribution is -2.36. The van der Waals surface area contributed by atoms with Crippen molar-refractivity contribution in [2.24, 2.45) is 0 Å². The smallest absolute Gasteiger partial charge is 0.422 e. The number of halogens is 6. The number of carbonyl (C=O) groups is 2. The maximum atomic E-state index is 13.2. The Bertz CT molecular complexity index is 1190. The molecule has 2 aromatic rings. The average Bonchev–Trinajstić information content (AvgIpc) is 3.20. The predicted molar refractivity (Wildman–Crippen MR) is 137 cm³/mol. The molecule has 1 aromatic heterocycles. The van der Waals surface area contributed by atoms with Gasteiger partial charge in [-0.05, 0) is 37.7 Å². The summed E-state index contributed by atoms with van der Waals surface area (Å²) in [5.41, 5.74) is 0.915. The monoisotopic (exact) mass is 596 g/mol. The van der Waals surface area contributed by atoms with Crippen LogP contribution < -0.4 is 20.1 Å². The maximum Gasteiger partial charge on any atom is 0.422 e. The number of thioether (sulfide) groups is 1. The first-order valence-electron chi connectivity index (χ1n) is 12.6. The number of carbonyl (C=O) groups excluding carboxylic acids is 2. The number of fused-ring (bicyclic) bond motifs is 1. The lowest BCUT2D eigenvalue weighted by molar-refractivity contribution is -0.153. The van der Waals surface area contributed by atoms with Gasteiger partial charge in [0.05, 0.1) is 24.1 Å². The van der Waals surface area contributed by atoms with Crippen molar-refractivity contribution in [2.75, 3.05) is 30.0 Å². The Hall–Kier alpha value is -3.10. The van der Waals surface area contributed by atoms with Crippen LogP contribution in [0.1, 0.15) is 60.8 Å². The predicted octanol–water partition coefficient (Wildman–Crippen LogP) is 5.67. The third-order valence-electron chi connectivity index (χ3n) is 5.79. The number of amides is 2. The van der Waals surface area contributed by atoms with E-state index in [0.717, 1.165) is 0 Å². The highest BCUT2D eigenvalue weighted by atomic mass is 32.2. The van der Waals surface area contributed by atoms with Crippen LogP contribution in [0.5, 0.6) is 11.5 Å². The highest BCUT2D eigenvalue weighted by molar-refractivity contribution is 7.99. The molecule has 1 aliphatic rings. The molecule has 1 unspecified atom stereocenters. The summed E-state index contributed by atoms with van der Waals surface area (Å²) in [5, 5.41) is 9.96. The number of hydrogen-bond donors (Lipinski definition) is 2. The number of anilines is 1. The Morgan fingerprint density at radius 2 is 1.90 bits per heavy atom. The van der Waals surface area contributed by atoms with Crippen LogP contribution >= 0.6 is 11.8 Å². The topological polar surface area (TPSA) is 94.5 Å². The molecule has 0 radical (unpaired) electrons. The summed E-state index contributed by atoms with van der Waals surface area (Å²) in [6.07, 6.45) is -9.67. The van der Waals surface area contributed by atoms with Crippen molar-refractivity contribution in [3.63, 3.8) is 0 Å². The lowest BCUT2D eigenvalue weighted by Gasteiger charge is -2.25. The van der Waals surface area contributed by atoms with Gasteiger partial charge in [0.1, 0.15) is 22.9 Å². The molecule has 0 aliphatic carbocycles. The zero-order valence-electron chi connectivity index (χ0n) is 21.9. The van der Waals surface area contributed by atoms with E-state index >= 15 is 0 Å². The number of nitrogens with one attached hydrogen (secondary N) is 2. The van der Waals surface area contributed by atoms with E-state index in [1.165, 1.54) is 34.6 Å². The minimum atomic E-state index is -4.52. The number of alkyl halides is 6. The number of aryl methyl sites for hydroxylation is 1. The third-order valence-corrected chi connectivity index (χ3v) is 6.67. The first-order chi connectivity index (χ1) is 18.8. The van der Waals surface area contributed by atoms with Crippen LogP contribution in [0.25, 0.3) is 0 Å². The van der Waals surface area contributed by atoms with Gasteiger partial charge in [-0.25, -0.2) is 4.68 Å². The lowest BCUT2D eigenvalue weighted by atomic mass is 9.95. The number of unbranched alkanes of at least 4 members (excludes halogenated alkanes) is 1. The Labute approximate surface area is 231 Å². The number of benzene rings is 1. The van der Waals surface area contributed by atoms with Gasteiger partial charge in [0.2, 0.25) is 5.91 Å². The number of ether oxygens (including phenoxy) is 2. The largest absolute Gasteiger partial charge is 0.493 e. The second-order valence-corrected chi connectivity index (χ2v) is 10.2. The first kappa shape index (κ1) is 31.4. The second-order valence-electron chi connectivity index (χ2n) is 8.92. The van der Waals surface area contributed by atoms with E-state index in [2.05, 4.69) is 15.7 Å². The van der Waals surface area contributed by atoms with E-state index in [9.17, 15) is 35.9 Å². The molecule has 222 valence electrons. The van der Waals surface area contributed by atoms with Gasteiger partial charge in [-0.15, -0.1) is 0 Å². The van der Waals surface area contributed by atoms with Gasteiger partial charge in [-0.1, -0.05) is 6.92 Å². The van der Waals surface area contributed by atoms with E-state index in [4.69, 9.17) is 9.47 Å². The van der Waals surface area contributed by atoms with Crippen LogP contribution in [0.15, 0.2) is 18.2 Å². The van der Waals surface area contributed by atoms with Gasteiger partial charge >= 0.3 is 12.4 Å².